The van der Waals surface area contributed by atoms with E-state index in [1.54, 1.807) is 0 Å². The average Bonchev–Trinajstić information content (AvgIpc) is 2.97. The molecule has 0 aliphatic heterocycles. The Morgan fingerprint density at radius 2 is 1.04 bits per heavy atom. The van der Waals surface area contributed by atoms with E-state index in [2.05, 4.69) is 29.8 Å². The smallest absolute Gasteiger partial charge is 0.744 e. The van der Waals surface area contributed by atoms with Crippen LogP contribution in [0.15, 0.2) is 103 Å². The minimum atomic E-state index is -5.14. The Kier molecular flexibility index (Phi) is 20.7. The van der Waals surface area contributed by atoms with Crippen LogP contribution >= 0.6 is 12.0 Å². The van der Waals surface area contributed by atoms with Crippen molar-refractivity contribution in [3.05, 3.63) is 83.9 Å². The summed E-state index contributed by atoms with van der Waals surface area (Å²) in [6, 6.07) is 14.0. The zero-order valence-electron chi connectivity index (χ0n) is 25.5. The molecular formula is C26H14N4Na4O12S2. The van der Waals surface area contributed by atoms with Crippen molar-refractivity contribution < 1.29 is 176 Å². The third-order valence-corrected chi connectivity index (χ3v) is 7.12. The van der Waals surface area contributed by atoms with E-state index in [-0.39, 0.29) is 157 Å². The van der Waals surface area contributed by atoms with Gasteiger partial charge >= 0.3 is 118 Å². The number of aromatic carboxylic acids is 2. The van der Waals surface area contributed by atoms with E-state index in [0.29, 0.717) is 12.0 Å². The van der Waals surface area contributed by atoms with Crippen LogP contribution < -0.4 is 134 Å². The van der Waals surface area contributed by atoms with Crippen LogP contribution in [0.25, 0.3) is 11.1 Å². The van der Waals surface area contributed by atoms with Crippen molar-refractivity contribution in [2.75, 3.05) is 0 Å². The number of aromatic hydroxyl groups is 2. The maximum Gasteiger partial charge on any atom is 1.00 e. The van der Waals surface area contributed by atoms with Crippen molar-refractivity contribution in [3.8, 4) is 22.6 Å². The van der Waals surface area contributed by atoms with Crippen LogP contribution in [0.5, 0.6) is 11.5 Å². The summed E-state index contributed by atoms with van der Waals surface area (Å²) in [5, 5.41) is 70.9. The van der Waals surface area contributed by atoms with Gasteiger partial charge in [0.05, 0.1) is 51.6 Å². The zero-order chi connectivity index (χ0) is 32.0. The fourth-order valence-electron chi connectivity index (χ4n) is 3.66. The van der Waals surface area contributed by atoms with Gasteiger partial charge in [0.15, 0.2) is 0 Å². The van der Waals surface area contributed by atoms with Crippen molar-refractivity contribution in [1.29, 1.82) is 0 Å². The summed E-state index contributed by atoms with van der Waals surface area (Å²) in [5.74, 6) is -4.44. The summed E-state index contributed by atoms with van der Waals surface area (Å²) in [7, 11) is -5.14. The molecule has 4 aromatic rings. The maximum absolute atomic E-state index is 12.2. The van der Waals surface area contributed by atoms with Crippen LogP contribution in [0, 0.1) is 0 Å². The van der Waals surface area contributed by atoms with Gasteiger partial charge in [-0.1, -0.05) is 12.1 Å². The van der Waals surface area contributed by atoms with Gasteiger partial charge in [0, 0.05) is 33.7 Å². The largest absolute Gasteiger partial charge is 1.00 e. The number of carbonyl (C=O) groups excluding carboxylic acids is 2. The minimum absolute atomic E-state index is 0. The zero-order valence-corrected chi connectivity index (χ0v) is 35.1. The molecule has 0 amide bonds. The van der Waals surface area contributed by atoms with E-state index >= 15 is 0 Å². The second-order valence-electron chi connectivity index (χ2n) is 8.41. The third kappa shape index (κ3) is 12.5. The SMILES string of the molecule is O=C([O-])c1ccc(N=Nc2ccc(-c3ccc(N=Nc4ccc(C(=O)[O-])c(O)c4)cc3S(=O)(=O)[O-])c(SOO[O-])c2)cc1O.[Na+].[Na+].[Na+].[Na+]. The van der Waals surface area contributed by atoms with E-state index in [1.165, 1.54) is 42.5 Å². The topological polar surface area (TPSA) is 269 Å². The molecule has 0 saturated carbocycles. The second-order valence-corrected chi connectivity index (χ2v) is 10.5. The van der Waals surface area contributed by atoms with Crippen LogP contribution in [0.2, 0.25) is 0 Å². The summed E-state index contributed by atoms with van der Waals surface area (Å²) in [6.45, 7) is 0. The molecule has 4 rings (SSSR count). The number of rotatable bonds is 11. The summed E-state index contributed by atoms with van der Waals surface area (Å²) in [5.41, 5.74) is -0.874. The van der Waals surface area contributed by atoms with Crippen molar-refractivity contribution in [2.45, 2.75) is 9.79 Å². The Morgan fingerprint density at radius 1 is 0.646 bits per heavy atom. The standard InChI is InChI=1S/C26H18N4O12S2.4Na/c31-21-9-13(3-7-19(21)25(33)34)27-29-15-1-5-17(23(11-15)43-42-41-37)18-6-2-16(12-24(18)44(38,39)40)30-28-14-4-8-20(26(35)36)22(32)10-14;;;;/h1-12,31-32,37H,(H,33,34)(H,35,36)(H,38,39,40);;;;/q;4*+1/p-4. The summed E-state index contributed by atoms with van der Waals surface area (Å²) in [6.07, 6.45) is 0. The molecule has 0 bridgehead atoms. The van der Waals surface area contributed by atoms with Crippen LogP contribution in [0.4, 0.5) is 22.7 Å². The van der Waals surface area contributed by atoms with Crippen LogP contribution in [0.3, 0.4) is 0 Å². The van der Waals surface area contributed by atoms with Crippen LogP contribution in [0.1, 0.15) is 20.7 Å². The first-order valence-electron chi connectivity index (χ1n) is 11.7. The number of carboxylic acid groups (broad SMARTS) is 2. The van der Waals surface area contributed by atoms with E-state index in [4.69, 9.17) is 0 Å². The summed E-state index contributed by atoms with van der Waals surface area (Å²) < 4.78 is 41.0. The molecule has 0 aliphatic rings. The molecule has 0 unspecified atom stereocenters. The molecular weight excluding hydrogens is 716 g/mol. The first-order valence-corrected chi connectivity index (χ1v) is 13.8. The molecule has 0 aliphatic carbocycles. The molecule has 226 valence electrons. The number of nitrogens with zero attached hydrogens (tertiary/aromatic N) is 4. The predicted octanol–water partition coefficient (Wildman–Crippen LogP) is -9.53. The van der Waals surface area contributed by atoms with Gasteiger partial charge in [0.2, 0.25) is 0 Å². The number of carboxylic acids is 2. The van der Waals surface area contributed by atoms with Gasteiger partial charge in [-0.15, -0.1) is 0 Å². The molecule has 16 nitrogen and oxygen atoms in total. The molecule has 0 radical (unpaired) electrons. The predicted molar refractivity (Wildman–Crippen MR) is 141 cm³/mol. The Morgan fingerprint density at radius 3 is 1.44 bits per heavy atom. The first-order chi connectivity index (χ1) is 20.9. The molecule has 0 heterocycles. The van der Waals surface area contributed by atoms with Gasteiger partial charge in [0.1, 0.15) is 21.6 Å². The number of azo groups is 2. The Balaban J connectivity index is 0.00000552. The monoisotopic (exact) mass is 730 g/mol. The molecule has 22 heteroatoms. The molecule has 4 aromatic carbocycles. The molecule has 0 atom stereocenters. The van der Waals surface area contributed by atoms with Crippen molar-refractivity contribution in [1.82, 2.24) is 0 Å². The van der Waals surface area contributed by atoms with Crippen molar-refractivity contribution in [3.63, 3.8) is 0 Å². The number of benzene rings is 4. The van der Waals surface area contributed by atoms with E-state index in [0.717, 1.165) is 30.3 Å². The van der Waals surface area contributed by atoms with Gasteiger partial charge in [-0.05, 0) is 54.1 Å². The summed E-state index contributed by atoms with van der Waals surface area (Å²) >= 11 is 0.364. The maximum atomic E-state index is 12.2. The molecule has 0 saturated heterocycles. The van der Waals surface area contributed by atoms with Gasteiger partial charge < -0.3 is 39.8 Å². The van der Waals surface area contributed by atoms with Crippen molar-refractivity contribution >= 4 is 56.8 Å². The summed E-state index contributed by atoms with van der Waals surface area (Å²) in [4.78, 5) is 21.2. The van der Waals surface area contributed by atoms with Gasteiger partial charge in [-0.2, -0.15) is 24.8 Å². The Bertz CT molecular complexity index is 1950. The molecule has 0 spiro atoms. The normalized spacial score (nSPS) is 10.8. The Labute approximate surface area is 364 Å². The van der Waals surface area contributed by atoms with Gasteiger partial charge in [-0.3, -0.25) is 5.04 Å². The van der Waals surface area contributed by atoms with E-state index in [1.807, 2.05) is 0 Å². The van der Waals surface area contributed by atoms with Gasteiger partial charge in [-0.25, -0.2) is 8.42 Å². The van der Waals surface area contributed by atoms with E-state index < -0.39 is 49.6 Å². The number of carbonyl (C=O) groups is 2. The number of hydrogen-bond donors (Lipinski definition) is 2. The van der Waals surface area contributed by atoms with E-state index in [9.17, 15) is 48.2 Å². The quantitative estimate of drug-likeness (QED) is 0.0363. The van der Waals surface area contributed by atoms with Crippen LogP contribution in [-0.2, 0) is 19.5 Å². The second kappa shape index (κ2) is 21.2. The first kappa shape index (κ1) is 46.8. The Hall–Kier alpha value is -1.24. The fraction of sp³-hybridized carbons (Fsp3) is 0. The average molecular weight is 731 g/mol. The van der Waals surface area contributed by atoms with Crippen LogP contribution in [-0.4, -0.2) is 35.1 Å². The molecule has 0 fully saturated rings. The number of phenols is 2. The molecule has 48 heavy (non-hydrogen) atoms. The minimum Gasteiger partial charge on any atom is -0.744 e. The molecule has 0 aromatic heterocycles. The van der Waals surface area contributed by atoms with Gasteiger partial charge in [0.25, 0.3) is 0 Å². The molecule has 2 N–H and O–H groups in total. The van der Waals surface area contributed by atoms with Crippen molar-refractivity contribution in [2.24, 2.45) is 20.5 Å². The third-order valence-electron chi connectivity index (χ3n) is 5.61. The number of hydrogen-bond acceptors (Lipinski definition) is 17. The fourth-order valence-corrected chi connectivity index (χ4v) is 4.91.